The predicted molar refractivity (Wildman–Crippen MR) is 64.7 cm³/mol. The third kappa shape index (κ3) is 2.77. The molecule has 0 radical (unpaired) electrons. The lowest BCUT2D eigenvalue weighted by Crippen LogP contribution is -2.45. The monoisotopic (exact) mass is 234 g/mol. The number of hydrogen-bond donors (Lipinski definition) is 0. The van der Waals surface area contributed by atoms with Crippen LogP contribution in [-0.2, 0) is 13.3 Å². The van der Waals surface area contributed by atoms with Gasteiger partial charge in [0.15, 0.2) is 0 Å². The van der Waals surface area contributed by atoms with Gasteiger partial charge in [0.1, 0.15) is 0 Å². The molecule has 0 spiro atoms. The van der Waals surface area contributed by atoms with E-state index in [1.54, 1.807) is 21.3 Å². The average molecular weight is 234 g/mol. The molecule has 0 unspecified atom stereocenters. The SMILES string of the molecule is CO[Si](OC)(OC)C1=CCCCC1.[SiH4]. The highest BCUT2D eigenvalue weighted by Gasteiger charge is 2.42. The Morgan fingerprint density at radius 2 is 1.64 bits per heavy atom. The van der Waals surface area contributed by atoms with E-state index in [1.807, 2.05) is 0 Å². The molecule has 0 saturated heterocycles. The lowest BCUT2D eigenvalue weighted by molar-refractivity contribution is 0.132. The second-order valence-electron chi connectivity index (χ2n) is 3.14. The fraction of sp³-hybridized carbons (Fsp3) is 0.778. The van der Waals surface area contributed by atoms with Crippen LogP contribution in [0.15, 0.2) is 11.3 Å². The van der Waals surface area contributed by atoms with Gasteiger partial charge in [-0.3, -0.25) is 0 Å². The summed E-state index contributed by atoms with van der Waals surface area (Å²) in [5.41, 5.74) is 0. The van der Waals surface area contributed by atoms with Crippen molar-refractivity contribution < 1.29 is 13.3 Å². The van der Waals surface area contributed by atoms with E-state index >= 15 is 0 Å². The molecule has 84 valence electrons. The summed E-state index contributed by atoms with van der Waals surface area (Å²) in [6, 6.07) is 0. The summed E-state index contributed by atoms with van der Waals surface area (Å²) in [6.07, 6.45) is 6.88. The molecule has 0 amide bonds. The molecule has 1 rings (SSSR count). The van der Waals surface area contributed by atoms with Gasteiger partial charge in [-0.2, -0.15) is 0 Å². The molecule has 0 aromatic heterocycles. The van der Waals surface area contributed by atoms with Crippen molar-refractivity contribution in [3.8, 4) is 0 Å². The van der Waals surface area contributed by atoms with Crippen LogP contribution in [0.4, 0.5) is 0 Å². The van der Waals surface area contributed by atoms with Gasteiger partial charge >= 0.3 is 8.80 Å². The zero-order valence-electron chi connectivity index (χ0n) is 8.63. The minimum atomic E-state index is -2.46. The Hall–Kier alpha value is 0.0538. The van der Waals surface area contributed by atoms with Gasteiger partial charge in [-0.1, -0.05) is 6.08 Å². The fourth-order valence-electron chi connectivity index (χ4n) is 1.76. The van der Waals surface area contributed by atoms with Crippen molar-refractivity contribution >= 4 is 19.8 Å². The zero-order chi connectivity index (χ0) is 9.73. The number of hydrogen-bond acceptors (Lipinski definition) is 3. The standard InChI is InChI=1S/C9H18O3Si.H4Si/c1-10-13(11-2,12-3)9-7-5-4-6-8-9;/h7H,4-6,8H2,1-3H3;1H4. The Kier molecular flexibility index (Phi) is 6.55. The summed E-state index contributed by atoms with van der Waals surface area (Å²) in [7, 11) is 2.53. The first-order valence-corrected chi connectivity index (χ1v) is 6.36. The quantitative estimate of drug-likeness (QED) is 0.661. The highest BCUT2D eigenvalue weighted by atomic mass is 28.4. The number of allylic oxidation sites excluding steroid dienone is 2. The maximum atomic E-state index is 5.40. The second kappa shape index (κ2) is 6.52. The van der Waals surface area contributed by atoms with Crippen LogP contribution in [0, 0.1) is 0 Å². The normalized spacial score (nSPS) is 17.2. The van der Waals surface area contributed by atoms with Crippen LogP contribution < -0.4 is 0 Å². The first-order valence-electron chi connectivity index (χ1n) is 4.64. The third-order valence-corrected chi connectivity index (χ3v) is 5.34. The van der Waals surface area contributed by atoms with E-state index in [2.05, 4.69) is 6.08 Å². The molecular weight excluding hydrogens is 212 g/mol. The van der Waals surface area contributed by atoms with Crippen LogP contribution in [0.2, 0.25) is 0 Å². The van der Waals surface area contributed by atoms with Crippen molar-refractivity contribution in [2.45, 2.75) is 25.7 Å². The Labute approximate surface area is 91.8 Å². The van der Waals surface area contributed by atoms with Crippen molar-refractivity contribution in [1.82, 2.24) is 0 Å². The van der Waals surface area contributed by atoms with E-state index in [0.717, 1.165) is 12.8 Å². The zero-order valence-corrected chi connectivity index (χ0v) is 9.63. The molecule has 0 aromatic carbocycles. The molecule has 1 aliphatic carbocycles. The summed E-state index contributed by atoms with van der Waals surface area (Å²) in [5.74, 6) is 0. The molecule has 0 saturated carbocycles. The van der Waals surface area contributed by atoms with Crippen LogP contribution in [-0.4, -0.2) is 41.1 Å². The molecule has 0 bridgehead atoms. The van der Waals surface area contributed by atoms with Crippen molar-refractivity contribution in [2.24, 2.45) is 0 Å². The van der Waals surface area contributed by atoms with Gasteiger partial charge in [-0.25, -0.2) is 0 Å². The molecule has 0 atom stereocenters. The molecule has 0 N–H and O–H groups in total. The van der Waals surface area contributed by atoms with Gasteiger partial charge < -0.3 is 13.3 Å². The smallest absolute Gasteiger partial charge is 0.374 e. The Morgan fingerprint density at radius 1 is 1.07 bits per heavy atom. The van der Waals surface area contributed by atoms with E-state index in [1.165, 1.54) is 18.0 Å². The highest BCUT2D eigenvalue weighted by Crippen LogP contribution is 2.27. The van der Waals surface area contributed by atoms with Gasteiger partial charge in [0.05, 0.1) is 0 Å². The minimum Gasteiger partial charge on any atom is -0.374 e. The summed E-state index contributed by atoms with van der Waals surface area (Å²) >= 11 is 0. The molecule has 0 heterocycles. The van der Waals surface area contributed by atoms with Gasteiger partial charge in [-0.15, -0.1) is 0 Å². The van der Waals surface area contributed by atoms with Crippen LogP contribution in [0.1, 0.15) is 25.7 Å². The van der Waals surface area contributed by atoms with Crippen molar-refractivity contribution in [3.05, 3.63) is 11.3 Å². The first kappa shape index (κ1) is 14.1. The van der Waals surface area contributed by atoms with Crippen molar-refractivity contribution in [2.75, 3.05) is 21.3 Å². The van der Waals surface area contributed by atoms with Gasteiger partial charge in [0.25, 0.3) is 0 Å². The lowest BCUT2D eigenvalue weighted by Gasteiger charge is -2.28. The van der Waals surface area contributed by atoms with E-state index in [9.17, 15) is 0 Å². The van der Waals surface area contributed by atoms with E-state index in [0.29, 0.717) is 0 Å². The predicted octanol–water partition coefficient (Wildman–Crippen LogP) is 0.452. The van der Waals surface area contributed by atoms with E-state index in [-0.39, 0.29) is 11.0 Å². The van der Waals surface area contributed by atoms with E-state index < -0.39 is 8.80 Å². The summed E-state index contributed by atoms with van der Waals surface area (Å²) in [5, 5.41) is 1.24. The Bertz CT molecular complexity index is 182. The topological polar surface area (TPSA) is 27.7 Å². The summed E-state index contributed by atoms with van der Waals surface area (Å²) in [4.78, 5) is 0. The molecule has 0 fully saturated rings. The molecule has 3 nitrogen and oxygen atoms in total. The van der Waals surface area contributed by atoms with Gasteiger partial charge in [-0.05, 0) is 41.8 Å². The van der Waals surface area contributed by atoms with Crippen molar-refractivity contribution in [1.29, 1.82) is 0 Å². The highest BCUT2D eigenvalue weighted by molar-refractivity contribution is 6.68. The molecular formula is C9H22O3Si2. The largest absolute Gasteiger partial charge is 0.531 e. The lowest BCUT2D eigenvalue weighted by atomic mass is 10.1. The molecule has 5 heteroatoms. The van der Waals surface area contributed by atoms with Gasteiger partial charge in [0.2, 0.25) is 0 Å². The third-order valence-electron chi connectivity index (χ3n) is 2.49. The summed E-state index contributed by atoms with van der Waals surface area (Å²) < 4.78 is 16.2. The fourth-order valence-corrected chi connectivity index (χ4v) is 3.92. The molecule has 14 heavy (non-hydrogen) atoms. The van der Waals surface area contributed by atoms with Gasteiger partial charge in [0, 0.05) is 21.3 Å². The van der Waals surface area contributed by atoms with Crippen LogP contribution in [0.25, 0.3) is 0 Å². The van der Waals surface area contributed by atoms with Crippen LogP contribution in [0.3, 0.4) is 0 Å². The molecule has 0 aromatic rings. The van der Waals surface area contributed by atoms with E-state index in [4.69, 9.17) is 13.3 Å². The summed E-state index contributed by atoms with van der Waals surface area (Å²) in [6.45, 7) is 0. The Balaban J connectivity index is 0.00000169. The maximum Gasteiger partial charge on any atom is 0.531 e. The molecule has 0 aliphatic heterocycles. The average Bonchev–Trinajstić information content (AvgIpc) is 2.23. The molecule has 1 aliphatic rings. The maximum absolute atomic E-state index is 5.40. The minimum absolute atomic E-state index is 0. The number of rotatable bonds is 4. The van der Waals surface area contributed by atoms with Crippen LogP contribution in [0.5, 0.6) is 0 Å². The Morgan fingerprint density at radius 3 is 2.00 bits per heavy atom. The van der Waals surface area contributed by atoms with Crippen LogP contribution >= 0.6 is 0 Å². The van der Waals surface area contributed by atoms with Crippen molar-refractivity contribution in [3.63, 3.8) is 0 Å². The second-order valence-corrected chi connectivity index (χ2v) is 6.12. The first-order chi connectivity index (χ1) is 6.29.